The van der Waals surface area contributed by atoms with E-state index in [1.165, 1.54) is 5.56 Å². The van der Waals surface area contributed by atoms with Gasteiger partial charge in [0.05, 0.1) is 0 Å². The van der Waals surface area contributed by atoms with Crippen LogP contribution in [0, 0.1) is 0 Å². The smallest absolute Gasteiger partial charge is 0.124 e. The molecule has 0 fully saturated rings. The molecule has 0 amide bonds. The predicted molar refractivity (Wildman–Crippen MR) is 53.6 cm³/mol. The van der Waals surface area contributed by atoms with Gasteiger partial charge >= 0.3 is 0 Å². The lowest BCUT2D eigenvalue weighted by molar-refractivity contribution is -0.107. The minimum Gasteiger partial charge on any atom is -0.328 e. The molecule has 2 heteroatoms. The first-order chi connectivity index (χ1) is 6.22. The average molecular weight is 177 g/mol. The summed E-state index contributed by atoms with van der Waals surface area (Å²) in [6.45, 7) is 1.98. The van der Waals surface area contributed by atoms with Crippen molar-refractivity contribution in [1.82, 2.24) is 0 Å². The standard InChI is InChI=1S/C11H15NO/c1-9(12)7-11-4-2-3-10(8-11)5-6-13/h2-4,6,8-9H,5,7,12H2,1H3. The molecule has 0 heterocycles. The molecule has 1 atom stereocenters. The van der Waals surface area contributed by atoms with Crippen LogP contribution < -0.4 is 5.73 Å². The second-order valence-corrected chi connectivity index (χ2v) is 3.37. The van der Waals surface area contributed by atoms with Gasteiger partial charge in [-0.05, 0) is 24.5 Å². The summed E-state index contributed by atoms with van der Waals surface area (Å²) in [5, 5.41) is 0. The SMILES string of the molecule is CC(N)Cc1cccc(CC=O)c1. The monoisotopic (exact) mass is 177 g/mol. The van der Waals surface area contributed by atoms with Crippen LogP contribution in [0.4, 0.5) is 0 Å². The Balaban J connectivity index is 2.72. The normalized spacial score (nSPS) is 12.5. The summed E-state index contributed by atoms with van der Waals surface area (Å²) < 4.78 is 0. The van der Waals surface area contributed by atoms with Gasteiger partial charge < -0.3 is 10.5 Å². The molecule has 13 heavy (non-hydrogen) atoms. The van der Waals surface area contributed by atoms with Gasteiger partial charge in [0.1, 0.15) is 6.29 Å². The Kier molecular flexibility index (Phi) is 3.65. The van der Waals surface area contributed by atoms with Crippen molar-refractivity contribution in [2.75, 3.05) is 0 Å². The number of hydrogen-bond acceptors (Lipinski definition) is 2. The van der Waals surface area contributed by atoms with Crippen molar-refractivity contribution in [1.29, 1.82) is 0 Å². The average Bonchev–Trinajstić information content (AvgIpc) is 2.04. The van der Waals surface area contributed by atoms with Crippen LogP contribution >= 0.6 is 0 Å². The number of benzene rings is 1. The van der Waals surface area contributed by atoms with Gasteiger partial charge in [-0.25, -0.2) is 0 Å². The number of rotatable bonds is 4. The summed E-state index contributed by atoms with van der Waals surface area (Å²) in [6, 6.07) is 8.18. The van der Waals surface area contributed by atoms with Gasteiger partial charge in [-0.2, -0.15) is 0 Å². The Morgan fingerprint density at radius 2 is 2.15 bits per heavy atom. The van der Waals surface area contributed by atoms with E-state index in [9.17, 15) is 4.79 Å². The van der Waals surface area contributed by atoms with Crippen LogP contribution in [0.3, 0.4) is 0 Å². The highest BCUT2D eigenvalue weighted by Crippen LogP contribution is 2.07. The number of nitrogens with two attached hydrogens (primary N) is 1. The number of hydrogen-bond donors (Lipinski definition) is 1. The first kappa shape index (κ1) is 9.93. The van der Waals surface area contributed by atoms with Gasteiger partial charge in [0.25, 0.3) is 0 Å². The number of carbonyl (C=O) groups excluding carboxylic acids is 1. The Morgan fingerprint density at radius 3 is 2.77 bits per heavy atom. The topological polar surface area (TPSA) is 43.1 Å². The van der Waals surface area contributed by atoms with E-state index < -0.39 is 0 Å². The second-order valence-electron chi connectivity index (χ2n) is 3.37. The van der Waals surface area contributed by atoms with Crippen molar-refractivity contribution in [3.63, 3.8) is 0 Å². The summed E-state index contributed by atoms with van der Waals surface area (Å²) in [5.41, 5.74) is 7.95. The van der Waals surface area contributed by atoms with Crippen LogP contribution in [0.5, 0.6) is 0 Å². The molecule has 1 unspecified atom stereocenters. The van der Waals surface area contributed by atoms with E-state index in [2.05, 4.69) is 0 Å². The van der Waals surface area contributed by atoms with Gasteiger partial charge in [0.15, 0.2) is 0 Å². The Labute approximate surface area is 78.8 Å². The van der Waals surface area contributed by atoms with Gasteiger partial charge in [0.2, 0.25) is 0 Å². The Morgan fingerprint density at radius 1 is 1.46 bits per heavy atom. The van der Waals surface area contributed by atoms with Crippen molar-refractivity contribution in [3.8, 4) is 0 Å². The molecule has 0 aliphatic carbocycles. The molecule has 1 rings (SSSR count). The molecule has 0 aromatic heterocycles. The number of aldehydes is 1. The van der Waals surface area contributed by atoms with Gasteiger partial charge in [-0.3, -0.25) is 0 Å². The fourth-order valence-corrected chi connectivity index (χ4v) is 1.35. The molecule has 2 nitrogen and oxygen atoms in total. The van der Waals surface area contributed by atoms with Crippen LogP contribution in [-0.2, 0) is 17.6 Å². The molecule has 2 N–H and O–H groups in total. The second kappa shape index (κ2) is 4.77. The van der Waals surface area contributed by atoms with Crippen molar-refractivity contribution in [2.45, 2.75) is 25.8 Å². The summed E-state index contributed by atoms with van der Waals surface area (Å²) in [7, 11) is 0. The molecule has 0 saturated carbocycles. The molecule has 0 spiro atoms. The van der Waals surface area contributed by atoms with Crippen molar-refractivity contribution in [3.05, 3.63) is 35.4 Å². The molecule has 0 aliphatic rings. The van der Waals surface area contributed by atoms with E-state index >= 15 is 0 Å². The molecular formula is C11H15NO. The van der Waals surface area contributed by atoms with E-state index in [4.69, 9.17) is 5.73 Å². The molecule has 0 radical (unpaired) electrons. The molecule has 1 aromatic carbocycles. The minimum atomic E-state index is 0.173. The fourth-order valence-electron chi connectivity index (χ4n) is 1.35. The van der Waals surface area contributed by atoms with E-state index in [0.717, 1.165) is 18.3 Å². The van der Waals surface area contributed by atoms with Gasteiger partial charge in [-0.15, -0.1) is 0 Å². The summed E-state index contributed by atoms with van der Waals surface area (Å²) >= 11 is 0. The van der Waals surface area contributed by atoms with Crippen molar-refractivity contribution in [2.24, 2.45) is 5.73 Å². The zero-order valence-electron chi connectivity index (χ0n) is 7.86. The van der Waals surface area contributed by atoms with E-state index in [1.807, 2.05) is 31.2 Å². The summed E-state index contributed by atoms with van der Waals surface area (Å²) in [4.78, 5) is 10.3. The lowest BCUT2D eigenvalue weighted by Gasteiger charge is -2.05. The lowest BCUT2D eigenvalue weighted by Crippen LogP contribution is -2.17. The number of carbonyl (C=O) groups is 1. The van der Waals surface area contributed by atoms with E-state index in [0.29, 0.717) is 6.42 Å². The van der Waals surface area contributed by atoms with Gasteiger partial charge in [-0.1, -0.05) is 24.3 Å². The molecular weight excluding hydrogens is 162 g/mol. The highest BCUT2D eigenvalue weighted by atomic mass is 16.1. The first-order valence-corrected chi connectivity index (χ1v) is 4.49. The zero-order chi connectivity index (χ0) is 9.68. The van der Waals surface area contributed by atoms with Gasteiger partial charge in [0, 0.05) is 12.5 Å². The van der Waals surface area contributed by atoms with Crippen LogP contribution in [-0.4, -0.2) is 12.3 Å². The maximum Gasteiger partial charge on any atom is 0.124 e. The zero-order valence-corrected chi connectivity index (χ0v) is 7.86. The molecule has 0 aliphatic heterocycles. The van der Waals surface area contributed by atoms with Crippen molar-refractivity contribution < 1.29 is 4.79 Å². The minimum absolute atomic E-state index is 0.173. The third-order valence-electron chi connectivity index (χ3n) is 1.87. The van der Waals surface area contributed by atoms with Crippen molar-refractivity contribution >= 4 is 6.29 Å². The summed E-state index contributed by atoms with van der Waals surface area (Å²) in [6.07, 6.45) is 2.28. The predicted octanol–water partition coefficient (Wildman–Crippen LogP) is 1.32. The molecule has 70 valence electrons. The molecule has 1 aromatic rings. The van der Waals surface area contributed by atoms with E-state index in [-0.39, 0.29) is 6.04 Å². The van der Waals surface area contributed by atoms with Crippen LogP contribution in [0.2, 0.25) is 0 Å². The summed E-state index contributed by atoms with van der Waals surface area (Å²) in [5.74, 6) is 0. The van der Waals surface area contributed by atoms with E-state index in [1.54, 1.807) is 0 Å². The Bertz CT molecular complexity index is 281. The van der Waals surface area contributed by atoms with Crippen LogP contribution in [0.15, 0.2) is 24.3 Å². The largest absolute Gasteiger partial charge is 0.328 e. The molecule has 0 bridgehead atoms. The maximum absolute atomic E-state index is 10.3. The third-order valence-corrected chi connectivity index (χ3v) is 1.87. The highest BCUT2D eigenvalue weighted by Gasteiger charge is 1.98. The third kappa shape index (κ3) is 3.38. The lowest BCUT2D eigenvalue weighted by atomic mass is 10.0. The maximum atomic E-state index is 10.3. The van der Waals surface area contributed by atoms with Crippen LogP contribution in [0.1, 0.15) is 18.1 Å². The first-order valence-electron chi connectivity index (χ1n) is 4.49. The fraction of sp³-hybridized carbons (Fsp3) is 0.364. The van der Waals surface area contributed by atoms with Crippen LogP contribution in [0.25, 0.3) is 0 Å². The quantitative estimate of drug-likeness (QED) is 0.705. The highest BCUT2D eigenvalue weighted by molar-refractivity contribution is 5.55. The molecule has 0 saturated heterocycles. The Hall–Kier alpha value is -1.15.